The Morgan fingerprint density at radius 1 is 1.58 bits per heavy atom. The zero-order chi connectivity index (χ0) is 9.78. The highest BCUT2D eigenvalue weighted by atomic mass is 32.2. The van der Waals surface area contributed by atoms with Gasteiger partial charge in [0.1, 0.15) is 4.75 Å². The fourth-order valence-electron chi connectivity index (χ4n) is 0.658. The molecule has 0 rings (SSSR count). The van der Waals surface area contributed by atoms with E-state index in [4.69, 9.17) is 0 Å². The molecule has 0 aliphatic carbocycles. The molecule has 0 heterocycles. The van der Waals surface area contributed by atoms with Crippen molar-refractivity contribution in [2.75, 3.05) is 0 Å². The maximum Gasteiger partial charge on any atom is 0.136 e. The molecule has 2 atom stereocenters. The van der Waals surface area contributed by atoms with Crippen LogP contribution < -0.4 is 4.72 Å². The Morgan fingerprint density at radius 3 is 2.42 bits per heavy atom. The van der Waals surface area contributed by atoms with Crippen molar-refractivity contribution < 1.29 is 4.55 Å². The highest BCUT2D eigenvalue weighted by Crippen LogP contribution is 2.14. The first-order valence-corrected chi connectivity index (χ1v) is 5.32. The van der Waals surface area contributed by atoms with Gasteiger partial charge in [-0.25, -0.2) is 0 Å². The van der Waals surface area contributed by atoms with Crippen molar-refractivity contribution in [3.63, 3.8) is 0 Å². The van der Waals surface area contributed by atoms with E-state index in [0.717, 1.165) is 6.42 Å². The van der Waals surface area contributed by atoms with Gasteiger partial charge in [0.15, 0.2) is 0 Å². The SMILES string of the molecule is C=CC[C@H](C)N[S+]([O-])C(C)(C)C. The predicted octanol–water partition coefficient (Wildman–Crippen LogP) is 2.00. The molecule has 0 radical (unpaired) electrons. The van der Waals surface area contributed by atoms with Gasteiger partial charge in [0.25, 0.3) is 0 Å². The van der Waals surface area contributed by atoms with Crippen molar-refractivity contribution in [3.8, 4) is 0 Å². The lowest BCUT2D eigenvalue weighted by Gasteiger charge is -2.25. The first-order chi connectivity index (χ1) is 5.38. The van der Waals surface area contributed by atoms with Gasteiger partial charge in [0.2, 0.25) is 0 Å². The van der Waals surface area contributed by atoms with Crippen LogP contribution in [0.25, 0.3) is 0 Å². The van der Waals surface area contributed by atoms with Crippen molar-refractivity contribution in [1.82, 2.24) is 4.72 Å². The molecule has 72 valence electrons. The van der Waals surface area contributed by atoms with Gasteiger partial charge < -0.3 is 4.55 Å². The maximum atomic E-state index is 11.5. The Bertz CT molecular complexity index is 142. The lowest BCUT2D eigenvalue weighted by atomic mass is 10.2. The first-order valence-electron chi connectivity index (χ1n) is 4.17. The number of hydrogen-bond acceptors (Lipinski definition) is 2. The molecule has 0 aromatic heterocycles. The lowest BCUT2D eigenvalue weighted by molar-refractivity contribution is 0.528. The third-order valence-electron chi connectivity index (χ3n) is 1.38. The second kappa shape index (κ2) is 4.90. The minimum atomic E-state index is -0.967. The Hall–Kier alpha value is 0.01000. The fourth-order valence-corrected chi connectivity index (χ4v) is 1.47. The van der Waals surface area contributed by atoms with E-state index in [1.807, 2.05) is 33.8 Å². The van der Waals surface area contributed by atoms with Gasteiger partial charge in [-0.2, -0.15) is 0 Å². The topological polar surface area (TPSA) is 35.1 Å². The predicted molar refractivity (Wildman–Crippen MR) is 55.3 cm³/mol. The lowest BCUT2D eigenvalue weighted by Crippen LogP contribution is -2.43. The molecule has 0 aliphatic heterocycles. The summed E-state index contributed by atoms with van der Waals surface area (Å²) in [5.41, 5.74) is 0. The summed E-state index contributed by atoms with van der Waals surface area (Å²) in [7, 11) is 0. The van der Waals surface area contributed by atoms with E-state index in [0.29, 0.717) is 0 Å². The molecule has 12 heavy (non-hydrogen) atoms. The van der Waals surface area contributed by atoms with Crippen LogP contribution in [0.4, 0.5) is 0 Å². The van der Waals surface area contributed by atoms with E-state index in [9.17, 15) is 4.55 Å². The van der Waals surface area contributed by atoms with Gasteiger partial charge in [-0.05, 0) is 34.1 Å². The monoisotopic (exact) mass is 189 g/mol. The van der Waals surface area contributed by atoms with Crippen LogP contribution in [0.15, 0.2) is 12.7 Å². The molecule has 0 aliphatic rings. The molecule has 3 heteroatoms. The van der Waals surface area contributed by atoms with Gasteiger partial charge in [-0.15, -0.1) is 11.3 Å². The molecule has 1 N–H and O–H groups in total. The summed E-state index contributed by atoms with van der Waals surface area (Å²) in [6.45, 7) is 11.5. The molecule has 1 unspecified atom stereocenters. The van der Waals surface area contributed by atoms with E-state index in [2.05, 4.69) is 11.3 Å². The van der Waals surface area contributed by atoms with Gasteiger partial charge in [0, 0.05) is 11.4 Å². The smallest absolute Gasteiger partial charge is 0.136 e. The van der Waals surface area contributed by atoms with Crippen molar-refractivity contribution in [1.29, 1.82) is 0 Å². The Balaban J connectivity index is 3.83. The highest BCUT2D eigenvalue weighted by molar-refractivity contribution is 7.90. The zero-order valence-corrected chi connectivity index (χ0v) is 9.20. The average Bonchev–Trinajstić information content (AvgIpc) is 1.85. The normalized spacial score (nSPS) is 17.1. The number of nitrogens with one attached hydrogen (secondary N) is 1. The van der Waals surface area contributed by atoms with E-state index in [-0.39, 0.29) is 10.8 Å². The van der Waals surface area contributed by atoms with E-state index >= 15 is 0 Å². The molecule has 0 aromatic rings. The zero-order valence-electron chi connectivity index (χ0n) is 8.39. The van der Waals surface area contributed by atoms with Crippen molar-refractivity contribution in [2.45, 2.75) is 44.9 Å². The molecule has 0 fully saturated rings. The molecular formula is C9H19NOS. The molecule has 0 spiro atoms. The number of hydrogen-bond donors (Lipinski definition) is 1. The molecule has 0 saturated carbocycles. The van der Waals surface area contributed by atoms with Crippen LogP contribution in [-0.4, -0.2) is 15.3 Å². The minimum absolute atomic E-state index is 0.185. The minimum Gasteiger partial charge on any atom is -0.598 e. The third-order valence-corrected chi connectivity index (χ3v) is 3.11. The van der Waals surface area contributed by atoms with Crippen molar-refractivity contribution >= 4 is 11.4 Å². The van der Waals surface area contributed by atoms with Crippen LogP contribution >= 0.6 is 0 Å². The van der Waals surface area contributed by atoms with Crippen LogP contribution in [-0.2, 0) is 11.4 Å². The maximum absolute atomic E-state index is 11.5. The Labute approximate surface area is 78.7 Å². The molecular weight excluding hydrogens is 170 g/mol. The second-order valence-electron chi connectivity index (χ2n) is 3.92. The summed E-state index contributed by atoms with van der Waals surface area (Å²) in [5, 5.41) is 0. The molecule has 2 nitrogen and oxygen atoms in total. The Kier molecular flexibility index (Phi) is 4.90. The summed E-state index contributed by atoms with van der Waals surface area (Å²) < 4.78 is 14.4. The summed E-state index contributed by atoms with van der Waals surface area (Å²) >= 11 is -0.967. The van der Waals surface area contributed by atoms with Crippen LogP contribution in [0.1, 0.15) is 34.1 Å². The fraction of sp³-hybridized carbons (Fsp3) is 0.778. The summed E-state index contributed by atoms with van der Waals surface area (Å²) in [4.78, 5) is 0. The molecule has 0 aromatic carbocycles. The molecule has 0 bridgehead atoms. The van der Waals surface area contributed by atoms with Gasteiger partial charge in [-0.3, -0.25) is 0 Å². The van der Waals surface area contributed by atoms with Crippen LogP contribution in [0.3, 0.4) is 0 Å². The Morgan fingerprint density at radius 2 is 2.08 bits per heavy atom. The van der Waals surface area contributed by atoms with Gasteiger partial charge in [-0.1, -0.05) is 6.08 Å². The van der Waals surface area contributed by atoms with Crippen LogP contribution in [0.5, 0.6) is 0 Å². The van der Waals surface area contributed by atoms with E-state index < -0.39 is 11.4 Å². The van der Waals surface area contributed by atoms with Gasteiger partial charge >= 0.3 is 0 Å². The highest BCUT2D eigenvalue weighted by Gasteiger charge is 2.27. The molecule has 0 saturated heterocycles. The quantitative estimate of drug-likeness (QED) is 0.542. The largest absolute Gasteiger partial charge is 0.598 e. The summed E-state index contributed by atoms with van der Waals surface area (Å²) in [6.07, 6.45) is 2.68. The molecule has 0 amide bonds. The summed E-state index contributed by atoms with van der Waals surface area (Å²) in [5.74, 6) is 0. The first kappa shape index (κ1) is 12.0. The average molecular weight is 189 g/mol. The standard InChI is InChI=1S/C9H19NOS/c1-6-7-8(2)10-12(11)9(3,4)5/h6,8,10H,1,7H2,2-5H3/t8-,12?/m0/s1. The number of rotatable bonds is 4. The van der Waals surface area contributed by atoms with Crippen molar-refractivity contribution in [2.24, 2.45) is 0 Å². The van der Waals surface area contributed by atoms with Crippen LogP contribution in [0, 0.1) is 0 Å². The van der Waals surface area contributed by atoms with Crippen molar-refractivity contribution in [3.05, 3.63) is 12.7 Å². The second-order valence-corrected chi connectivity index (χ2v) is 5.92. The third kappa shape index (κ3) is 4.80. The van der Waals surface area contributed by atoms with Crippen LogP contribution in [0.2, 0.25) is 0 Å². The summed E-state index contributed by atoms with van der Waals surface area (Å²) in [6, 6.07) is 0.238. The van der Waals surface area contributed by atoms with E-state index in [1.54, 1.807) is 0 Å². The van der Waals surface area contributed by atoms with Gasteiger partial charge in [0.05, 0.1) is 6.04 Å². The van der Waals surface area contributed by atoms with E-state index in [1.165, 1.54) is 0 Å².